The van der Waals surface area contributed by atoms with Crippen molar-refractivity contribution in [1.82, 2.24) is 9.97 Å². The summed E-state index contributed by atoms with van der Waals surface area (Å²) < 4.78 is 0. The van der Waals surface area contributed by atoms with Crippen molar-refractivity contribution in [3.8, 4) is 0 Å². The Balaban J connectivity index is 2.54. The topological polar surface area (TPSA) is 83.0 Å². The van der Waals surface area contributed by atoms with E-state index >= 15 is 0 Å². The van der Waals surface area contributed by atoms with Crippen LogP contribution in [0.1, 0.15) is 60.9 Å². The number of nitrogens with one attached hydrogen (secondary N) is 1. The van der Waals surface area contributed by atoms with Gasteiger partial charge in [-0.15, -0.1) is 0 Å². The first-order chi connectivity index (χ1) is 8.50. The van der Waals surface area contributed by atoms with Crippen LogP contribution in [0.15, 0.2) is 4.79 Å². The predicted molar refractivity (Wildman–Crippen MR) is 67.0 cm³/mol. The maximum atomic E-state index is 11.8. The molecule has 18 heavy (non-hydrogen) atoms. The quantitative estimate of drug-likeness (QED) is 0.859. The van der Waals surface area contributed by atoms with Gasteiger partial charge < -0.3 is 10.1 Å². The van der Waals surface area contributed by atoms with E-state index in [1.165, 1.54) is 0 Å². The molecular weight excluding hydrogens is 232 g/mol. The van der Waals surface area contributed by atoms with Crippen molar-refractivity contribution in [3.05, 3.63) is 27.4 Å². The Morgan fingerprint density at radius 1 is 1.44 bits per heavy atom. The van der Waals surface area contributed by atoms with Crippen LogP contribution in [0, 0.1) is 6.92 Å². The Kier molecular flexibility index (Phi) is 3.24. The molecule has 1 aromatic heterocycles. The van der Waals surface area contributed by atoms with Crippen LogP contribution in [-0.4, -0.2) is 21.0 Å². The summed E-state index contributed by atoms with van der Waals surface area (Å²) >= 11 is 0. The zero-order chi connectivity index (χ0) is 13.3. The lowest BCUT2D eigenvalue weighted by molar-refractivity contribution is 0.0693. The van der Waals surface area contributed by atoms with Gasteiger partial charge in [-0.1, -0.05) is 19.8 Å². The van der Waals surface area contributed by atoms with Gasteiger partial charge in [-0.05, 0) is 26.2 Å². The predicted octanol–water partition coefficient (Wildman–Crippen LogP) is 2.00. The molecule has 1 aliphatic carbocycles. The minimum Gasteiger partial charge on any atom is -0.477 e. The molecule has 2 N–H and O–H groups in total. The Labute approximate surface area is 105 Å². The zero-order valence-corrected chi connectivity index (χ0v) is 10.7. The molecular formula is C13H18N2O3. The summed E-state index contributed by atoms with van der Waals surface area (Å²) in [5.74, 6) is -0.556. The number of rotatable bonds is 3. The molecule has 0 saturated heterocycles. The minimum atomic E-state index is -1.22. The van der Waals surface area contributed by atoms with E-state index in [-0.39, 0.29) is 11.0 Å². The molecule has 0 unspecified atom stereocenters. The molecule has 98 valence electrons. The van der Waals surface area contributed by atoms with Crippen molar-refractivity contribution in [2.75, 3.05) is 0 Å². The fourth-order valence-corrected chi connectivity index (χ4v) is 2.90. The number of H-pyrrole nitrogens is 1. The van der Waals surface area contributed by atoms with Gasteiger partial charge in [-0.3, -0.25) is 4.79 Å². The van der Waals surface area contributed by atoms with Crippen LogP contribution in [0.5, 0.6) is 0 Å². The molecule has 0 aliphatic heterocycles. The Morgan fingerprint density at radius 3 is 2.50 bits per heavy atom. The molecule has 0 spiro atoms. The normalized spacial score (nSPS) is 17.9. The molecule has 1 saturated carbocycles. The summed E-state index contributed by atoms with van der Waals surface area (Å²) in [7, 11) is 0. The van der Waals surface area contributed by atoms with Gasteiger partial charge in [-0.2, -0.15) is 0 Å². The van der Waals surface area contributed by atoms with Crippen molar-refractivity contribution in [3.63, 3.8) is 0 Å². The van der Waals surface area contributed by atoms with E-state index in [2.05, 4.69) is 16.9 Å². The molecule has 0 amide bonds. The first kappa shape index (κ1) is 12.8. The van der Waals surface area contributed by atoms with Crippen LogP contribution < -0.4 is 5.56 Å². The summed E-state index contributed by atoms with van der Waals surface area (Å²) in [4.78, 5) is 29.8. The molecule has 1 aromatic rings. The number of nitrogens with zero attached hydrogens (tertiary/aromatic N) is 1. The second-order valence-electron chi connectivity index (χ2n) is 5.02. The summed E-state index contributed by atoms with van der Waals surface area (Å²) in [6.07, 6.45) is 5.22. The number of aromatic nitrogens is 2. The van der Waals surface area contributed by atoms with Gasteiger partial charge in [0.05, 0.1) is 5.69 Å². The molecule has 0 bridgehead atoms. The van der Waals surface area contributed by atoms with Gasteiger partial charge in [0.2, 0.25) is 0 Å². The largest absolute Gasteiger partial charge is 0.477 e. The Bertz CT molecular complexity index is 528. The maximum Gasteiger partial charge on any atom is 0.343 e. The number of carboxylic acids is 1. The number of carbonyl (C=O) groups is 1. The molecule has 0 atom stereocenters. The number of hydrogen-bond donors (Lipinski definition) is 2. The lowest BCUT2D eigenvalue weighted by atomic mass is 9.82. The second-order valence-corrected chi connectivity index (χ2v) is 5.02. The molecule has 5 nitrogen and oxygen atoms in total. The van der Waals surface area contributed by atoms with Gasteiger partial charge in [0.25, 0.3) is 5.56 Å². The van der Waals surface area contributed by atoms with Crippen LogP contribution in [0.2, 0.25) is 0 Å². The van der Waals surface area contributed by atoms with Gasteiger partial charge in [-0.25, -0.2) is 9.78 Å². The standard InChI is InChI=1S/C13H18N2O3/c1-3-13(6-4-5-7-13)12-14-8(2)9(11(17)18)10(16)15-12/h3-7H2,1-2H3,(H,17,18)(H,14,15,16). The van der Waals surface area contributed by atoms with E-state index in [1.54, 1.807) is 6.92 Å². The number of carboxylic acid groups (broad SMARTS) is 1. The first-order valence-electron chi connectivity index (χ1n) is 6.35. The maximum absolute atomic E-state index is 11.8. The highest BCUT2D eigenvalue weighted by molar-refractivity contribution is 5.88. The third kappa shape index (κ3) is 1.94. The average Bonchev–Trinajstić information content (AvgIpc) is 2.77. The smallest absolute Gasteiger partial charge is 0.343 e. The summed E-state index contributed by atoms with van der Waals surface area (Å²) in [5.41, 5.74) is -0.547. The monoisotopic (exact) mass is 250 g/mol. The molecule has 1 heterocycles. The number of aromatic amines is 1. The highest BCUT2D eigenvalue weighted by Crippen LogP contribution is 2.41. The van der Waals surface area contributed by atoms with Crippen LogP contribution in [-0.2, 0) is 5.41 Å². The van der Waals surface area contributed by atoms with Crippen molar-refractivity contribution >= 4 is 5.97 Å². The van der Waals surface area contributed by atoms with Crippen molar-refractivity contribution in [2.45, 2.75) is 51.4 Å². The Morgan fingerprint density at radius 2 is 2.06 bits per heavy atom. The van der Waals surface area contributed by atoms with E-state index in [0.29, 0.717) is 11.5 Å². The fraction of sp³-hybridized carbons (Fsp3) is 0.615. The molecule has 1 fully saturated rings. The van der Waals surface area contributed by atoms with Crippen molar-refractivity contribution in [1.29, 1.82) is 0 Å². The summed E-state index contributed by atoms with van der Waals surface area (Å²) in [6.45, 7) is 3.67. The number of aryl methyl sites for hydroxylation is 1. The first-order valence-corrected chi connectivity index (χ1v) is 6.35. The van der Waals surface area contributed by atoms with E-state index in [0.717, 1.165) is 32.1 Å². The van der Waals surface area contributed by atoms with Crippen LogP contribution in [0.25, 0.3) is 0 Å². The third-order valence-electron chi connectivity index (χ3n) is 4.05. The summed E-state index contributed by atoms with van der Waals surface area (Å²) in [6, 6.07) is 0. The number of hydrogen-bond acceptors (Lipinski definition) is 3. The van der Waals surface area contributed by atoms with Gasteiger partial charge in [0.15, 0.2) is 0 Å². The van der Waals surface area contributed by atoms with Crippen LogP contribution in [0.3, 0.4) is 0 Å². The van der Waals surface area contributed by atoms with Crippen molar-refractivity contribution in [2.24, 2.45) is 0 Å². The molecule has 0 aromatic carbocycles. The highest BCUT2D eigenvalue weighted by atomic mass is 16.4. The Hall–Kier alpha value is -1.65. The van der Waals surface area contributed by atoms with Gasteiger partial charge in [0, 0.05) is 5.41 Å². The fourth-order valence-electron chi connectivity index (χ4n) is 2.90. The van der Waals surface area contributed by atoms with E-state index < -0.39 is 11.5 Å². The lowest BCUT2D eigenvalue weighted by Gasteiger charge is -2.26. The molecule has 5 heteroatoms. The second kappa shape index (κ2) is 4.55. The zero-order valence-electron chi connectivity index (χ0n) is 10.7. The van der Waals surface area contributed by atoms with E-state index in [4.69, 9.17) is 5.11 Å². The van der Waals surface area contributed by atoms with E-state index in [1.807, 2.05) is 0 Å². The summed E-state index contributed by atoms with van der Waals surface area (Å²) in [5, 5.41) is 8.96. The van der Waals surface area contributed by atoms with Crippen LogP contribution in [0.4, 0.5) is 0 Å². The third-order valence-corrected chi connectivity index (χ3v) is 4.05. The molecule has 0 radical (unpaired) electrons. The van der Waals surface area contributed by atoms with Crippen molar-refractivity contribution < 1.29 is 9.90 Å². The van der Waals surface area contributed by atoms with Crippen LogP contribution >= 0.6 is 0 Å². The average molecular weight is 250 g/mol. The highest BCUT2D eigenvalue weighted by Gasteiger charge is 2.36. The van der Waals surface area contributed by atoms with E-state index in [9.17, 15) is 9.59 Å². The molecule has 1 aliphatic rings. The number of aromatic carboxylic acids is 1. The van der Waals surface area contributed by atoms with Gasteiger partial charge in [0.1, 0.15) is 11.4 Å². The molecule has 2 rings (SSSR count). The minimum absolute atomic E-state index is 0.0685. The van der Waals surface area contributed by atoms with Gasteiger partial charge >= 0.3 is 5.97 Å². The SMILES string of the molecule is CCC1(c2nc(C)c(C(=O)O)c(=O)[nH]2)CCCC1. The lowest BCUT2D eigenvalue weighted by Crippen LogP contribution is -2.31.